The molecule has 1 unspecified atom stereocenters. The van der Waals surface area contributed by atoms with E-state index in [2.05, 4.69) is 0 Å². The van der Waals surface area contributed by atoms with Crippen molar-refractivity contribution in [1.82, 2.24) is 0 Å². The van der Waals surface area contributed by atoms with E-state index in [9.17, 15) is 4.79 Å². The lowest BCUT2D eigenvalue weighted by Gasteiger charge is -2.13. The van der Waals surface area contributed by atoms with Gasteiger partial charge in [0.15, 0.2) is 0 Å². The van der Waals surface area contributed by atoms with Crippen LogP contribution in [0.3, 0.4) is 0 Å². The van der Waals surface area contributed by atoms with Gasteiger partial charge in [-0.25, -0.2) is 4.79 Å². The zero-order valence-corrected chi connectivity index (χ0v) is 9.21. The van der Waals surface area contributed by atoms with Gasteiger partial charge in [0, 0.05) is 6.92 Å². The van der Waals surface area contributed by atoms with Crippen molar-refractivity contribution in [3.8, 4) is 5.75 Å². The van der Waals surface area contributed by atoms with Crippen LogP contribution in [0.1, 0.15) is 13.8 Å². The fraction of sp³-hybridized carbons (Fsp3) is 0.250. The third-order valence-electron chi connectivity index (χ3n) is 1.82. The van der Waals surface area contributed by atoms with Gasteiger partial charge < -0.3 is 14.6 Å². The minimum Gasteiger partial charge on any atom is -0.478 e. The topological polar surface area (TPSA) is 55.8 Å². The Morgan fingerprint density at radius 1 is 1.38 bits per heavy atom. The largest absolute Gasteiger partial charge is 0.478 e. The summed E-state index contributed by atoms with van der Waals surface area (Å²) in [5.74, 6) is -0.330. The fourth-order valence-electron chi connectivity index (χ4n) is 0.967. The van der Waals surface area contributed by atoms with E-state index >= 15 is 0 Å². The Labute approximate surface area is 94.1 Å². The maximum Gasteiger partial charge on any atom is 0.334 e. The van der Waals surface area contributed by atoms with Gasteiger partial charge >= 0.3 is 5.97 Å². The lowest BCUT2D eigenvalue weighted by molar-refractivity contribution is -0.132. The molecule has 0 fully saturated rings. The summed E-state index contributed by atoms with van der Waals surface area (Å²) in [6, 6.07) is 9.18. The molecule has 16 heavy (non-hydrogen) atoms. The molecule has 1 aromatic rings. The third kappa shape index (κ3) is 4.04. The maximum absolute atomic E-state index is 10.5. The molecule has 1 aromatic carbocycles. The molecule has 0 heterocycles. The molecule has 0 spiro atoms. The summed E-state index contributed by atoms with van der Waals surface area (Å²) in [4.78, 5) is 10.5. The Morgan fingerprint density at radius 3 is 2.56 bits per heavy atom. The van der Waals surface area contributed by atoms with E-state index in [1.54, 1.807) is 19.1 Å². The third-order valence-corrected chi connectivity index (χ3v) is 1.82. The minimum absolute atomic E-state index is 0.128. The van der Waals surface area contributed by atoms with Crippen molar-refractivity contribution in [3.05, 3.63) is 42.2 Å². The summed E-state index contributed by atoms with van der Waals surface area (Å²) >= 11 is 0. The summed E-state index contributed by atoms with van der Waals surface area (Å²) in [5, 5.41) is 8.60. The van der Waals surface area contributed by atoms with Crippen molar-refractivity contribution in [1.29, 1.82) is 0 Å². The summed E-state index contributed by atoms with van der Waals surface area (Å²) in [6.07, 6.45) is 0.646. The molecule has 0 aliphatic rings. The van der Waals surface area contributed by atoms with Gasteiger partial charge in [0.2, 0.25) is 6.29 Å². The number of carboxylic acid groups (broad SMARTS) is 1. The van der Waals surface area contributed by atoms with Crippen LogP contribution in [0, 0.1) is 0 Å². The van der Waals surface area contributed by atoms with E-state index < -0.39 is 12.3 Å². The van der Waals surface area contributed by atoms with Gasteiger partial charge in [0.05, 0.1) is 11.8 Å². The van der Waals surface area contributed by atoms with Crippen LogP contribution in [0.5, 0.6) is 5.75 Å². The molecule has 0 amide bonds. The summed E-state index contributed by atoms with van der Waals surface area (Å²) in [7, 11) is 0. The van der Waals surface area contributed by atoms with Gasteiger partial charge in [-0.05, 0) is 19.1 Å². The quantitative estimate of drug-likeness (QED) is 0.472. The van der Waals surface area contributed by atoms with Crippen molar-refractivity contribution in [2.75, 3.05) is 0 Å². The number of benzene rings is 1. The van der Waals surface area contributed by atoms with Gasteiger partial charge in [-0.15, -0.1) is 0 Å². The number of rotatable bonds is 5. The van der Waals surface area contributed by atoms with Crippen LogP contribution in [-0.2, 0) is 9.53 Å². The SMILES string of the molecule is CC(=COC(C)Oc1ccccc1)C(=O)O. The lowest BCUT2D eigenvalue weighted by Crippen LogP contribution is -2.14. The van der Waals surface area contributed by atoms with Gasteiger partial charge in [-0.3, -0.25) is 0 Å². The van der Waals surface area contributed by atoms with Crippen LogP contribution in [0.15, 0.2) is 42.2 Å². The van der Waals surface area contributed by atoms with Crippen LogP contribution in [0.4, 0.5) is 0 Å². The highest BCUT2D eigenvalue weighted by atomic mass is 16.7. The number of aliphatic carboxylic acids is 1. The van der Waals surface area contributed by atoms with Crippen LogP contribution >= 0.6 is 0 Å². The number of hydrogen-bond donors (Lipinski definition) is 1. The monoisotopic (exact) mass is 222 g/mol. The molecule has 0 saturated carbocycles. The van der Waals surface area contributed by atoms with E-state index in [4.69, 9.17) is 14.6 Å². The Hall–Kier alpha value is -1.97. The number of carboxylic acids is 1. The molecular weight excluding hydrogens is 208 g/mol. The Kier molecular flexibility index (Phi) is 4.39. The average Bonchev–Trinajstić information content (AvgIpc) is 2.27. The molecule has 4 nitrogen and oxygen atoms in total. The lowest BCUT2D eigenvalue weighted by atomic mass is 10.3. The summed E-state index contributed by atoms with van der Waals surface area (Å²) in [6.45, 7) is 3.15. The Morgan fingerprint density at radius 2 is 2.00 bits per heavy atom. The van der Waals surface area contributed by atoms with Crippen molar-refractivity contribution in [2.45, 2.75) is 20.1 Å². The van der Waals surface area contributed by atoms with E-state index in [0.717, 1.165) is 0 Å². The normalized spacial score (nSPS) is 13.0. The standard InChI is InChI=1S/C12H14O4/c1-9(12(13)14)8-15-10(2)16-11-6-4-3-5-7-11/h3-8,10H,1-2H3,(H,13,14). The van der Waals surface area contributed by atoms with E-state index in [0.29, 0.717) is 5.75 Å². The molecule has 1 N–H and O–H groups in total. The number of para-hydroxylation sites is 1. The minimum atomic E-state index is -1.01. The fourth-order valence-corrected chi connectivity index (χ4v) is 0.967. The van der Waals surface area contributed by atoms with Crippen molar-refractivity contribution in [2.24, 2.45) is 0 Å². The molecular formula is C12H14O4. The first-order valence-corrected chi connectivity index (χ1v) is 4.87. The van der Waals surface area contributed by atoms with Crippen molar-refractivity contribution in [3.63, 3.8) is 0 Å². The predicted octanol–water partition coefficient (Wildman–Crippen LogP) is 2.42. The van der Waals surface area contributed by atoms with Crippen LogP contribution in [0.2, 0.25) is 0 Å². The molecule has 0 radical (unpaired) electrons. The van der Waals surface area contributed by atoms with Gasteiger partial charge in [0.25, 0.3) is 0 Å². The van der Waals surface area contributed by atoms with E-state index in [1.807, 2.05) is 18.2 Å². The molecule has 0 aliphatic heterocycles. The number of hydrogen-bond acceptors (Lipinski definition) is 3. The molecule has 1 atom stereocenters. The first-order chi connectivity index (χ1) is 7.59. The summed E-state index contributed by atoms with van der Waals surface area (Å²) < 4.78 is 10.5. The maximum atomic E-state index is 10.5. The van der Waals surface area contributed by atoms with Crippen LogP contribution < -0.4 is 4.74 Å². The first kappa shape index (κ1) is 12.1. The van der Waals surface area contributed by atoms with Gasteiger partial charge in [0.1, 0.15) is 5.75 Å². The number of carbonyl (C=O) groups is 1. The molecule has 0 aromatic heterocycles. The highest BCUT2D eigenvalue weighted by Crippen LogP contribution is 2.11. The van der Waals surface area contributed by atoms with Crippen LogP contribution in [0.25, 0.3) is 0 Å². The second-order valence-electron chi connectivity index (χ2n) is 3.24. The Balaban J connectivity index is 2.46. The zero-order valence-electron chi connectivity index (χ0n) is 9.21. The zero-order chi connectivity index (χ0) is 12.0. The molecule has 86 valence electrons. The average molecular weight is 222 g/mol. The second kappa shape index (κ2) is 5.80. The van der Waals surface area contributed by atoms with E-state index in [-0.39, 0.29) is 5.57 Å². The van der Waals surface area contributed by atoms with Gasteiger partial charge in [-0.1, -0.05) is 18.2 Å². The highest BCUT2D eigenvalue weighted by Gasteiger charge is 2.04. The smallest absolute Gasteiger partial charge is 0.334 e. The van der Waals surface area contributed by atoms with Crippen LogP contribution in [-0.4, -0.2) is 17.4 Å². The second-order valence-corrected chi connectivity index (χ2v) is 3.24. The summed E-state index contributed by atoms with van der Waals surface area (Å²) in [5.41, 5.74) is 0.128. The molecule has 0 aliphatic carbocycles. The Bertz CT molecular complexity index is 370. The number of ether oxygens (including phenoxy) is 2. The van der Waals surface area contributed by atoms with Crippen molar-refractivity contribution >= 4 is 5.97 Å². The molecule has 4 heteroatoms. The highest BCUT2D eigenvalue weighted by molar-refractivity contribution is 5.85. The van der Waals surface area contributed by atoms with Crippen molar-refractivity contribution < 1.29 is 19.4 Å². The molecule has 0 bridgehead atoms. The molecule has 1 rings (SSSR count). The first-order valence-electron chi connectivity index (χ1n) is 4.87. The van der Waals surface area contributed by atoms with E-state index in [1.165, 1.54) is 13.2 Å². The predicted molar refractivity (Wildman–Crippen MR) is 59.0 cm³/mol. The molecule has 0 saturated heterocycles. The van der Waals surface area contributed by atoms with Gasteiger partial charge in [-0.2, -0.15) is 0 Å².